The van der Waals surface area contributed by atoms with Crippen LogP contribution in [0, 0.1) is 37.1 Å². The van der Waals surface area contributed by atoms with Crippen molar-refractivity contribution in [3.05, 3.63) is 112 Å². The van der Waals surface area contributed by atoms with Gasteiger partial charge in [0, 0.05) is 35.6 Å². The zero-order valence-electron chi connectivity index (χ0n) is 18.2. The van der Waals surface area contributed by atoms with Crippen LogP contribution in [0.2, 0.25) is 0 Å². The average Bonchev–Trinajstić information content (AvgIpc) is 2.74. The highest BCUT2D eigenvalue weighted by atomic mass is 79.9. The van der Waals surface area contributed by atoms with Gasteiger partial charge >= 0.3 is 7.12 Å². The third-order valence-corrected chi connectivity index (χ3v) is 4.68. The first-order chi connectivity index (χ1) is 16.1. The third-order valence-electron chi connectivity index (χ3n) is 4.25. The molecule has 4 nitrogen and oxygen atoms in total. The van der Waals surface area contributed by atoms with Gasteiger partial charge in [0.25, 0.3) is 0 Å². The van der Waals surface area contributed by atoms with Gasteiger partial charge in [-0.3, -0.25) is 4.98 Å². The number of halogens is 5. The summed E-state index contributed by atoms with van der Waals surface area (Å²) >= 11 is 3.25. The number of rotatable bonds is 2. The van der Waals surface area contributed by atoms with E-state index in [1.165, 1.54) is 17.7 Å². The SMILES string of the molecule is C.Cc1ccnc(-c2ccc(F)cc2F)c1.Cc1ccnc(Br)c1.OB(O)c1ccc(F)cc1F. The predicted octanol–water partition coefficient (Wildman–Crippen LogP) is 5.77. The van der Waals surface area contributed by atoms with Crippen molar-refractivity contribution < 1.29 is 27.6 Å². The Hall–Kier alpha value is -3.08. The molecule has 0 aliphatic carbocycles. The molecule has 4 rings (SSSR count). The molecule has 10 heteroatoms. The van der Waals surface area contributed by atoms with E-state index in [9.17, 15) is 17.6 Å². The quantitative estimate of drug-likeness (QED) is 0.189. The van der Waals surface area contributed by atoms with Crippen LogP contribution in [0.4, 0.5) is 17.6 Å². The number of nitrogens with zero attached hydrogens (tertiary/aromatic N) is 2. The molecule has 0 fully saturated rings. The van der Waals surface area contributed by atoms with Gasteiger partial charge in [-0.15, -0.1) is 0 Å². The molecule has 0 saturated carbocycles. The standard InChI is InChI=1S/C12H9F2N.C6H5BF2O2.C6H6BrN.CH4/c1-8-4-5-15-12(6-8)10-3-2-9(13)7-11(10)14;8-4-1-2-5(7(10)11)6(9)3-4;1-5-2-3-8-6(7)4-5;/h2-7H,1H3;1-3,10-11H;2-4H,1H3;1H4. The fraction of sp³-hybridized carbons (Fsp3) is 0.120. The Balaban J connectivity index is 0.000000272. The Labute approximate surface area is 210 Å². The van der Waals surface area contributed by atoms with Crippen molar-refractivity contribution in [3.63, 3.8) is 0 Å². The van der Waals surface area contributed by atoms with Crippen molar-refractivity contribution in [2.45, 2.75) is 21.3 Å². The highest BCUT2D eigenvalue weighted by Gasteiger charge is 2.16. The molecule has 4 aromatic rings. The molecule has 184 valence electrons. The molecule has 0 radical (unpaired) electrons. The summed E-state index contributed by atoms with van der Waals surface area (Å²) in [7, 11) is -1.89. The molecule has 2 N–H and O–H groups in total. The molecule has 35 heavy (non-hydrogen) atoms. The maximum absolute atomic E-state index is 13.4. The predicted molar refractivity (Wildman–Crippen MR) is 134 cm³/mol. The number of pyridine rings is 2. The van der Waals surface area contributed by atoms with Gasteiger partial charge in [-0.2, -0.15) is 0 Å². The highest BCUT2D eigenvalue weighted by Crippen LogP contribution is 2.21. The lowest BCUT2D eigenvalue weighted by Gasteiger charge is -2.03. The van der Waals surface area contributed by atoms with E-state index < -0.39 is 30.4 Å². The van der Waals surface area contributed by atoms with Gasteiger partial charge in [0.15, 0.2) is 0 Å². The molecule has 2 aromatic heterocycles. The van der Waals surface area contributed by atoms with Crippen molar-refractivity contribution in [2.24, 2.45) is 0 Å². The van der Waals surface area contributed by atoms with Gasteiger partial charge in [0.1, 0.15) is 27.9 Å². The molecule has 0 atom stereocenters. The van der Waals surface area contributed by atoms with Gasteiger partial charge in [-0.25, -0.2) is 22.5 Å². The minimum Gasteiger partial charge on any atom is -0.423 e. The number of benzene rings is 2. The first-order valence-electron chi connectivity index (χ1n) is 9.84. The number of hydrogen-bond donors (Lipinski definition) is 2. The average molecular weight is 551 g/mol. The molecule has 2 aromatic carbocycles. The molecule has 0 unspecified atom stereocenters. The summed E-state index contributed by atoms with van der Waals surface area (Å²) in [6.07, 6.45) is 3.38. The minimum atomic E-state index is -1.89. The number of aromatic nitrogens is 2. The molecular formula is C25H24BBrF4N2O2. The van der Waals surface area contributed by atoms with Crippen molar-refractivity contribution in [1.82, 2.24) is 9.97 Å². The summed E-state index contributed by atoms with van der Waals surface area (Å²) in [4.78, 5) is 7.99. The fourth-order valence-electron chi connectivity index (χ4n) is 2.59. The van der Waals surface area contributed by atoms with E-state index in [2.05, 4.69) is 25.9 Å². The highest BCUT2D eigenvalue weighted by molar-refractivity contribution is 9.10. The van der Waals surface area contributed by atoms with Gasteiger partial charge in [-0.1, -0.05) is 13.5 Å². The largest absolute Gasteiger partial charge is 0.491 e. The van der Waals surface area contributed by atoms with Crippen LogP contribution in [0.25, 0.3) is 11.3 Å². The van der Waals surface area contributed by atoms with Crippen molar-refractivity contribution in [3.8, 4) is 11.3 Å². The summed E-state index contributed by atoms with van der Waals surface area (Å²) < 4.78 is 51.7. The summed E-state index contributed by atoms with van der Waals surface area (Å²) in [5.41, 5.74) is 2.73. The smallest absolute Gasteiger partial charge is 0.423 e. The third kappa shape index (κ3) is 9.98. The fourth-order valence-corrected chi connectivity index (χ4v) is 3.07. The Bertz CT molecular complexity index is 1230. The normalized spacial score (nSPS) is 9.63. The van der Waals surface area contributed by atoms with Crippen LogP contribution in [0.15, 0.2) is 77.7 Å². The monoisotopic (exact) mass is 550 g/mol. The van der Waals surface area contributed by atoms with E-state index in [4.69, 9.17) is 10.0 Å². The van der Waals surface area contributed by atoms with Gasteiger partial charge in [-0.05, 0) is 83.4 Å². The maximum atomic E-state index is 13.4. The van der Waals surface area contributed by atoms with E-state index in [-0.39, 0.29) is 12.9 Å². The molecule has 2 heterocycles. The minimum absolute atomic E-state index is 0. The molecular weight excluding hydrogens is 527 g/mol. The van der Waals surface area contributed by atoms with Crippen molar-refractivity contribution in [1.29, 1.82) is 0 Å². The summed E-state index contributed by atoms with van der Waals surface area (Å²) in [6.45, 7) is 3.93. The molecule has 0 spiro atoms. The van der Waals surface area contributed by atoms with Crippen LogP contribution in [-0.2, 0) is 0 Å². The zero-order valence-corrected chi connectivity index (χ0v) is 19.8. The molecule has 0 saturated heterocycles. The van der Waals surface area contributed by atoms with Crippen molar-refractivity contribution >= 4 is 28.5 Å². The van der Waals surface area contributed by atoms with Crippen LogP contribution < -0.4 is 5.46 Å². The maximum Gasteiger partial charge on any atom is 0.491 e. The Morgan fingerprint density at radius 3 is 1.71 bits per heavy atom. The van der Waals surface area contributed by atoms with E-state index in [1.807, 2.05) is 32.0 Å². The first kappa shape index (κ1) is 30.0. The number of hydrogen-bond acceptors (Lipinski definition) is 4. The van der Waals surface area contributed by atoms with Gasteiger partial charge in [0.2, 0.25) is 0 Å². The second-order valence-electron chi connectivity index (χ2n) is 7.04. The first-order valence-corrected chi connectivity index (χ1v) is 10.6. The van der Waals surface area contributed by atoms with E-state index in [0.29, 0.717) is 17.3 Å². The Morgan fingerprint density at radius 1 is 0.714 bits per heavy atom. The van der Waals surface area contributed by atoms with E-state index in [0.717, 1.165) is 28.4 Å². The second-order valence-corrected chi connectivity index (χ2v) is 7.85. The topological polar surface area (TPSA) is 66.2 Å². The lowest BCUT2D eigenvalue weighted by Crippen LogP contribution is -2.32. The molecule has 0 aliphatic rings. The van der Waals surface area contributed by atoms with Crippen LogP contribution in [0.3, 0.4) is 0 Å². The Kier molecular flexibility index (Phi) is 12.3. The molecule has 0 amide bonds. The zero-order chi connectivity index (χ0) is 25.3. The molecule has 0 bridgehead atoms. The van der Waals surface area contributed by atoms with Gasteiger partial charge < -0.3 is 10.0 Å². The van der Waals surface area contributed by atoms with Crippen molar-refractivity contribution in [2.75, 3.05) is 0 Å². The van der Waals surface area contributed by atoms with Gasteiger partial charge in [0.05, 0.1) is 5.69 Å². The second kappa shape index (κ2) is 14.4. The summed E-state index contributed by atoms with van der Waals surface area (Å²) in [5, 5.41) is 17.0. The van der Waals surface area contributed by atoms with E-state index in [1.54, 1.807) is 18.5 Å². The number of aryl methyl sites for hydroxylation is 2. The lowest BCUT2D eigenvalue weighted by molar-refractivity contribution is 0.422. The lowest BCUT2D eigenvalue weighted by atomic mass is 9.80. The van der Waals surface area contributed by atoms with Crippen LogP contribution >= 0.6 is 15.9 Å². The Morgan fingerprint density at radius 2 is 1.26 bits per heavy atom. The van der Waals surface area contributed by atoms with E-state index >= 15 is 0 Å². The van der Waals surface area contributed by atoms with Crippen LogP contribution in [0.1, 0.15) is 18.6 Å². The molecule has 0 aliphatic heterocycles. The summed E-state index contributed by atoms with van der Waals surface area (Å²) in [5.74, 6) is -2.87. The summed E-state index contributed by atoms with van der Waals surface area (Å²) in [6, 6.07) is 13.5. The van der Waals surface area contributed by atoms with Crippen LogP contribution in [-0.4, -0.2) is 27.1 Å². The van der Waals surface area contributed by atoms with Crippen LogP contribution in [0.5, 0.6) is 0 Å².